The van der Waals surface area contributed by atoms with Crippen LogP contribution in [-0.4, -0.2) is 29.4 Å². The molecule has 25 heavy (non-hydrogen) atoms. The smallest absolute Gasteiger partial charge is 0.349 e. The van der Waals surface area contributed by atoms with Crippen LogP contribution in [0.5, 0.6) is 0 Å². The molecule has 1 unspecified atom stereocenters. The van der Waals surface area contributed by atoms with Crippen molar-refractivity contribution in [2.45, 2.75) is 6.10 Å². The average Bonchev–Trinajstić information content (AvgIpc) is 2.93. The molecule has 1 aliphatic heterocycles. The number of hydrogen-bond acceptors (Lipinski definition) is 8. The zero-order valence-corrected chi connectivity index (χ0v) is 13.3. The third-order valence-corrected chi connectivity index (χ3v) is 3.28. The second-order valence-corrected chi connectivity index (χ2v) is 4.88. The summed E-state index contributed by atoms with van der Waals surface area (Å²) in [5.74, 6) is 9.51. The molecule has 4 amide bonds. The molecule has 2 rings (SSSR count). The van der Waals surface area contributed by atoms with E-state index in [2.05, 4.69) is 15.6 Å². The van der Waals surface area contributed by atoms with Crippen molar-refractivity contribution in [2.75, 3.05) is 0 Å². The van der Waals surface area contributed by atoms with Gasteiger partial charge in [0.15, 0.2) is 11.8 Å². The first kappa shape index (κ1) is 18.1. The van der Waals surface area contributed by atoms with E-state index in [1.807, 2.05) is 10.9 Å². The third kappa shape index (κ3) is 4.20. The fourth-order valence-electron chi connectivity index (χ4n) is 1.87. The lowest BCUT2D eigenvalue weighted by Gasteiger charge is -2.12. The Morgan fingerprint density at radius 1 is 1.12 bits per heavy atom. The average molecular weight is 368 g/mol. The van der Waals surface area contributed by atoms with Gasteiger partial charge in [0.1, 0.15) is 5.71 Å². The summed E-state index contributed by atoms with van der Waals surface area (Å²) >= 11 is 6.14. The van der Waals surface area contributed by atoms with Gasteiger partial charge < -0.3 is 4.74 Å². The van der Waals surface area contributed by atoms with E-state index in [4.69, 9.17) is 33.4 Å². The number of benzene rings is 1. The number of rotatable bonds is 3. The van der Waals surface area contributed by atoms with Crippen LogP contribution in [0.3, 0.4) is 0 Å². The minimum absolute atomic E-state index is 0.0269. The van der Waals surface area contributed by atoms with Crippen molar-refractivity contribution in [2.24, 2.45) is 21.9 Å². The minimum Gasteiger partial charge on any atom is -0.461 e. The van der Waals surface area contributed by atoms with Crippen LogP contribution in [0.2, 0.25) is 5.02 Å². The number of hydrazine groups is 2. The number of halogens is 1. The monoisotopic (exact) mass is 367 g/mol. The Morgan fingerprint density at radius 3 is 2.32 bits per heavy atom. The van der Waals surface area contributed by atoms with Gasteiger partial charge in [0.2, 0.25) is 5.90 Å². The highest BCUT2D eigenvalue weighted by Crippen LogP contribution is 2.31. The topological polar surface area (TPSA) is 192 Å². The van der Waals surface area contributed by atoms with Crippen molar-refractivity contribution < 1.29 is 14.3 Å². The van der Waals surface area contributed by atoms with Crippen LogP contribution in [0.1, 0.15) is 11.7 Å². The van der Waals surface area contributed by atoms with E-state index < -0.39 is 24.1 Å². The Kier molecular flexibility index (Phi) is 5.84. The Labute approximate surface area is 146 Å². The van der Waals surface area contributed by atoms with Crippen LogP contribution in [0.4, 0.5) is 9.59 Å². The summed E-state index contributed by atoms with van der Waals surface area (Å²) in [6.07, 6.45) is -0.930. The maximum Gasteiger partial charge on any atom is 0.349 e. The molecular formula is C12H14ClN9O3. The van der Waals surface area contributed by atoms with Crippen molar-refractivity contribution in [1.29, 1.82) is 5.41 Å². The van der Waals surface area contributed by atoms with Gasteiger partial charge in [0.05, 0.1) is 0 Å². The molecule has 1 aliphatic rings. The van der Waals surface area contributed by atoms with E-state index in [1.165, 1.54) is 0 Å². The van der Waals surface area contributed by atoms with Crippen LogP contribution in [0, 0.1) is 5.41 Å². The molecule has 1 aromatic rings. The van der Waals surface area contributed by atoms with E-state index in [9.17, 15) is 9.59 Å². The van der Waals surface area contributed by atoms with Gasteiger partial charge in [0, 0.05) is 10.6 Å². The number of nitrogens with zero attached hydrogens (tertiary/aromatic N) is 2. The molecule has 1 atom stereocenters. The molecule has 132 valence electrons. The molecule has 1 fully saturated rings. The molecule has 0 aromatic heterocycles. The van der Waals surface area contributed by atoms with E-state index in [0.717, 1.165) is 0 Å². The maximum atomic E-state index is 11.3. The molecule has 13 heteroatoms. The number of hydrogen-bond donors (Lipinski definition) is 7. The highest BCUT2D eigenvalue weighted by molar-refractivity contribution is 6.69. The zero-order chi connectivity index (χ0) is 18.4. The number of nitrogens with two attached hydrogens (primary N) is 2. The Morgan fingerprint density at radius 2 is 1.72 bits per heavy atom. The molecule has 1 saturated heterocycles. The van der Waals surface area contributed by atoms with Crippen molar-refractivity contribution in [3.05, 3.63) is 34.9 Å². The molecule has 0 aliphatic carbocycles. The molecule has 0 spiro atoms. The van der Waals surface area contributed by atoms with Crippen molar-refractivity contribution in [3.63, 3.8) is 0 Å². The summed E-state index contributed by atoms with van der Waals surface area (Å²) in [5, 5.41) is 15.8. The first-order chi connectivity index (χ1) is 12.0. The van der Waals surface area contributed by atoms with Crippen LogP contribution in [0.25, 0.3) is 0 Å². The predicted molar refractivity (Wildman–Crippen MR) is 89.6 cm³/mol. The van der Waals surface area contributed by atoms with Gasteiger partial charge in [-0.15, -0.1) is 0 Å². The summed E-state index contributed by atoms with van der Waals surface area (Å²) < 4.78 is 5.42. The van der Waals surface area contributed by atoms with Gasteiger partial charge in [-0.2, -0.15) is 10.2 Å². The fourth-order valence-corrected chi connectivity index (χ4v) is 2.11. The first-order valence-corrected chi connectivity index (χ1v) is 7.04. The quantitative estimate of drug-likeness (QED) is 0.213. The minimum atomic E-state index is -0.930. The van der Waals surface area contributed by atoms with Gasteiger partial charge in [-0.25, -0.2) is 32.1 Å². The second kappa shape index (κ2) is 8.05. The fraction of sp³-hybridized carbons (Fsp3) is 0.0833. The summed E-state index contributed by atoms with van der Waals surface area (Å²) in [6, 6.07) is 5.06. The molecular weight excluding hydrogens is 354 g/mol. The Balaban J connectivity index is 2.42. The summed E-state index contributed by atoms with van der Waals surface area (Å²) in [4.78, 5) is 22.4. The second-order valence-electron chi connectivity index (χ2n) is 4.48. The Bertz CT molecular complexity index is 764. The van der Waals surface area contributed by atoms with E-state index in [-0.39, 0.29) is 11.4 Å². The number of carbonyl (C=O) groups excluding carboxylic acids is 2. The number of amides is 4. The van der Waals surface area contributed by atoms with Crippen LogP contribution in [-0.2, 0) is 4.74 Å². The summed E-state index contributed by atoms with van der Waals surface area (Å²) in [5.41, 5.74) is 8.16. The van der Waals surface area contributed by atoms with Gasteiger partial charge in [-0.1, -0.05) is 29.8 Å². The van der Waals surface area contributed by atoms with Crippen molar-refractivity contribution in [1.82, 2.24) is 21.7 Å². The number of urea groups is 2. The standard InChI is InChI=1S/C12H14ClN9O3/c13-6-4-2-1-3-5(6)9-7(19-21-11(23)17-15)8(10(14)25-9)20-22-12(24)18-16/h1-4,9,14H,15-16H2,(H2,17,21,23)(H2,18,22,24)/b14-10?,19-7-,20-8-. The van der Waals surface area contributed by atoms with Crippen molar-refractivity contribution in [3.8, 4) is 0 Å². The zero-order valence-electron chi connectivity index (χ0n) is 12.5. The largest absolute Gasteiger partial charge is 0.461 e. The molecule has 0 bridgehead atoms. The maximum absolute atomic E-state index is 11.3. The van der Waals surface area contributed by atoms with Gasteiger partial charge >= 0.3 is 12.1 Å². The highest BCUT2D eigenvalue weighted by atomic mass is 35.5. The number of ether oxygens (including phenoxy) is 1. The third-order valence-electron chi connectivity index (χ3n) is 2.94. The molecule has 12 nitrogen and oxygen atoms in total. The molecule has 1 heterocycles. The summed E-state index contributed by atoms with van der Waals surface area (Å²) in [7, 11) is 0. The lowest BCUT2D eigenvalue weighted by molar-refractivity contribution is 0.240. The molecule has 0 saturated carbocycles. The lowest BCUT2D eigenvalue weighted by Crippen LogP contribution is -2.39. The van der Waals surface area contributed by atoms with Gasteiger partial charge in [-0.3, -0.25) is 16.3 Å². The van der Waals surface area contributed by atoms with E-state index in [1.54, 1.807) is 29.7 Å². The SMILES string of the molecule is N=C1OC(c2ccccc2Cl)C(=N\NC(=O)NN)/C1=N/NC(=O)NN. The number of nitrogens with one attached hydrogen (secondary N) is 5. The van der Waals surface area contributed by atoms with Gasteiger partial charge in [0.25, 0.3) is 0 Å². The van der Waals surface area contributed by atoms with Crippen LogP contribution in [0.15, 0.2) is 34.5 Å². The summed E-state index contributed by atoms with van der Waals surface area (Å²) in [6.45, 7) is 0. The molecule has 9 N–H and O–H groups in total. The van der Waals surface area contributed by atoms with Gasteiger partial charge in [-0.05, 0) is 6.07 Å². The van der Waals surface area contributed by atoms with E-state index in [0.29, 0.717) is 10.6 Å². The van der Waals surface area contributed by atoms with E-state index >= 15 is 0 Å². The van der Waals surface area contributed by atoms with Crippen LogP contribution >= 0.6 is 11.6 Å². The predicted octanol–water partition coefficient (Wildman–Crippen LogP) is -0.554. The highest BCUT2D eigenvalue weighted by Gasteiger charge is 2.38. The Hall–Kier alpha value is -3.22. The molecule has 1 aromatic carbocycles. The normalized spacial score (nSPS) is 19.5. The number of carbonyl (C=O) groups is 2. The molecule has 0 radical (unpaired) electrons. The first-order valence-electron chi connectivity index (χ1n) is 6.66. The lowest BCUT2D eigenvalue weighted by atomic mass is 10.0. The van der Waals surface area contributed by atoms with Crippen molar-refractivity contribution >= 4 is 41.0 Å². The number of hydrazone groups is 2. The van der Waals surface area contributed by atoms with Crippen LogP contribution < -0.4 is 33.4 Å².